The van der Waals surface area contributed by atoms with Crippen LogP contribution >= 0.6 is 0 Å². The molecular formula is C9H19NO2. The Morgan fingerprint density at radius 2 is 1.75 bits per heavy atom. The first-order valence-electron chi connectivity index (χ1n) is 4.04. The zero-order valence-electron chi connectivity index (χ0n) is 8.60. The van der Waals surface area contributed by atoms with Crippen LogP contribution in [0.15, 0.2) is 0 Å². The zero-order chi connectivity index (χ0) is 9.99. The third-order valence-electron chi connectivity index (χ3n) is 2.63. The van der Waals surface area contributed by atoms with E-state index in [-0.39, 0.29) is 11.3 Å². The summed E-state index contributed by atoms with van der Waals surface area (Å²) in [4.78, 5) is 11.2. The Morgan fingerprint density at radius 3 is 1.83 bits per heavy atom. The molecule has 0 aromatic heterocycles. The third kappa shape index (κ3) is 1.97. The Balaban J connectivity index is 4.75. The summed E-state index contributed by atoms with van der Waals surface area (Å²) in [5.41, 5.74) is 4.56. The van der Waals surface area contributed by atoms with E-state index in [0.29, 0.717) is 6.61 Å². The second kappa shape index (κ2) is 3.44. The highest BCUT2D eigenvalue weighted by Crippen LogP contribution is 2.38. The second-order valence-corrected chi connectivity index (χ2v) is 4.38. The highest BCUT2D eigenvalue weighted by molar-refractivity contribution is 5.81. The van der Waals surface area contributed by atoms with Crippen LogP contribution in [-0.4, -0.2) is 19.6 Å². The van der Waals surface area contributed by atoms with Crippen LogP contribution in [0.5, 0.6) is 0 Å². The van der Waals surface area contributed by atoms with Crippen molar-refractivity contribution in [1.82, 2.24) is 0 Å². The summed E-state index contributed by atoms with van der Waals surface area (Å²) in [6.07, 6.45) is 0. The minimum atomic E-state index is -0.595. The molecule has 12 heavy (non-hydrogen) atoms. The molecular weight excluding hydrogens is 154 g/mol. The Kier molecular flexibility index (Phi) is 3.27. The molecule has 0 fully saturated rings. The smallest absolute Gasteiger partial charge is 0.226 e. The number of hydrogen-bond donors (Lipinski definition) is 1. The Morgan fingerprint density at radius 1 is 1.33 bits per heavy atom. The molecule has 0 saturated carbocycles. The van der Waals surface area contributed by atoms with Gasteiger partial charge in [0.15, 0.2) is 0 Å². The van der Waals surface area contributed by atoms with Gasteiger partial charge in [0, 0.05) is 7.11 Å². The summed E-state index contributed by atoms with van der Waals surface area (Å²) < 4.78 is 4.99. The number of ether oxygens (including phenoxy) is 1. The predicted molar refractivity (Wildman–Crippen MR) is 48.6 cm³/mol. The summed E-state index contributed by atoms with van der Waals surface area (Å²) >= 11 is 0. The maximum atomic E-state index is 11.2. The highest BCUT2D eigenvalue weighted by Gasteiger charge is 2.42. The fraction of sp³-hybridized carbons (Fsp3) is 0.889. The minimum absolute atomic E-state index is 0.172. The minimum Gasteiger partial charge on any atom is -0.384 e. The number of nitrogens with two attached hydrogens (primary N) is 1. The molecule has 0 heterocycles. The van der Waals surface area contributed by atoms with Crippen molar-refractivity contribution in [2.45, 2.75) is 27.7 Å². The first-order valence-corrected chi connectivity index (χ1v) is 4.04. The number of amides is 1. The van der Waals surface area contributed by atoms with Gasteiger partial charge in [-0.05, 0) is 12.3 Å². The van der Waals surface area contributed by atoms with Crippen molar-refractivity contribution < 1.29 is 9.53 Å². The Bertz CT molecular complexity index is 172. The van der Waals surface area contributed by atoms with Crippen LogP contribution in [0, 0.1) is 10.8 Å². The largest absolute Gasteiger partial charge is 0.384 e. The van der Waals surface area contributed by atoms with E-state index in [1.807, 2.05) is 27.7 Å². The van der Waals surface area contributed by atoms with Crippen LogP contribution in [0.3, 0.4) is 0 Å². The van der Waals surface area contributed by atoms with E-state index in [4.69, 9.17) is 10.5 Å². The van der Waals surface area contributed by atoms with E-state index in [1.54, 1.807) is 7.11 Å². The standard InChI is InChI=1S/C9H19NO2/c1-8(2,3)9(4,6-12-5)7(10)11/h6H2,1-5H3,(H2,10,11). The summed E-state index contributed by atoms with van der Waals surface area (Å²) in [5, 5.41) is 0. The lowest BCUT2D eigenvalue weighted by Gasteiger charge is -2.38. The van der Waals surface area contributed by atoms with Crippen molar-refractivity contribution in [3.63, 3.8) is 0 Å². The van der Waals surface area contributed by atoms with Gasteiger partial charge in [-0.1, -0.05) is 20.8 Å². The second-order valence-electron chi connectivity index (χ2n) is 4.38. The summed E-state index contributed by atoms with van der Waals surface area (Å²) in [6, 6.07) is 0. The van der Waals surface area contributed by atoms with Gasteiger partial charge >= 0.3 is 0 Å². The molecule has 72 valence electrons. The normalized spacial score (nSPS) is 17.1. The summed E-state index contributed by atoms with van der Waals surface area (Å²) in [5.74, 6) is -0.308. The lowest BCUT2D eigenvalue weighted by Crippen LogP contribution is -2.47. The van der Waals surface area contributed by atoms with Gasteiger partial charge in [-0.3, -0.25) is 4.79 Å². The molecule has 0 radical (unpaired) electrons. The molecule has 0 aromatic rings. The van der Waals surface area contributed by atoms with Crippen LogP contribution in [0.1, 0.15) is 27.7 Å². The average molecular weight is 173 g/mol. The van der Waals surface area contributed by atoms with Crippen LogP contribution < -0.4 is 5.73 Å². The molecule has 0 rings (SSSR count). The summed E-state index contributed by atoms with van der Waals surface area (Å²) in [6.45, 7) is 8.15. The van der Waals surface area contributed by atoms with E-state index in [1.165, 1.54) is 0 Å². The van der Waals surface area contributed by atoms with Gasteiger partial charge in [0.25, 0.3) is 0 Å². The fourth-order valence-electron chi connectivity index (χ4n) is 0.946. The first-order chi connectivity index (χ1) is 5.25. The molecule has 0 aliphatic carbocycles. The van der Waals surface area contributed by atoms with Gasteiger partial charge in [-0.15, -0.1) is 0 Å². The number of rotatable bonds is 3. The maximum absolute atomic E-state index is 11.2. The number of hydrogen-bond acceptors (Lipinski definition) is 2. The van der Waals surface area contributed by atoms with E-state index in [2.05, 4.69) is 0 Å². The van der Waals surface area contributed by atoms with Crippen molar-refractivity contribution in [3.05, 3.63) is 0 Å². The monoisotopic (exact) mass is 173 g/mol. The van der Waals surface area contributed by atoms with Crippen LogP contribution in [0.4, 0.5) is 0 Å². The van der Waals surface area contributed by atoms with Crippen LogP contribution in [0.25, 0.3) is 0 Å². The molecule has 0 aliphatic rings. The lowest BCUT2D eigenvalue weighted by atomic mass is 9.68. The highest BCUT2D eigenvalue weighted by atomic mass is 16.5. The van der Waals surface area contributed by atoms with Gasteiger partial charge < -0.3 is 10.5 Å². The van der Waals surface area contributed by atoms with E-state index in [0.717, 1.165) is 0 Å². The van der Waals surface area contributed by atoms with Crippen molar-refractivity contribution in [2.24, 2.45) is 16.6 Å². The van der Waals surface area contributed by atoms with Crippen molar-refractivity contribution >= 4 is 5.91 Å². The fourth-order valence-corrected chi connectivity index (χ4v) is 0.946. The van der Waals surface area contributed by atoms with Gasteiger partial charge in [0.2, 0.25) is 5.91 Å². The maximum Gasteiger partial charge on any atom is 0.226 e. The van der Waals surface area contributed by atoms with E-state index in [9.17, 15) is 4.79 Å². The van der Waals surface area contributed by atoms with Crippen LogP contribution in [-0.2, 0) is 9.53 Å². The molecule has 3 heteroatoms. The van der Waals surface area contributed by atoms with E-state index >= 15 is 0 Å². The quantitative estimate of drug-likeness (QED) is 0.696. The molecule has 1 amide bonds. The molecule has 0 bridgehead atoms. The van der Waals surface area contributed by atoms with Crippen molar-refractivity contribution in [2.75, 3.05) is 13.7 Å². The Hall–Kier alpha value is -0.570. The van der Waals surface area contributed by atoms with Gasteiger partial charge in [0.1, 0.15) is 0 Å². The van der Waals surface area contributed by atoms with Gasteiger partial charge in [-0.2, -0.15) is 0 Å². The molecule has 1 unspecified atom stereocenters. The van der Waals surface area contributed by atoms with Gasteiger partial charge in [0.05, 0.1) is 12.0 Å². The topological polar surface area (TPSA) is 52.3 Å². The number of methoxy groups -OCH3 is 1. The molecule has 3 nitrogen and oxygen atoms in total. The SMILES string of the molecule is COCC(C)(C(N)=O)C(C)(C)C. The molecule has 1 atom stereocenters. The number of primary amides is 1. The molecule has 0 spiro atoms. The molecule has 2 N–H and O–H groups in total. The first kappa shape index (κ1) is 11.4. The summed E-state index contributed by atoms with van der Waals surface area (Å²) in [7, 11) is 1.58. The molecule has 0 aromatic carbocycles. The predicted octanol–water partition coefficient (Wildman–Crippen LogP) is 1.17. The third-order valence-corrected chi connectivity index (χ3v) is 2.63. The number of carbonyl (C=O) groups excluding carboxylic acids is 1. The zero-order valence-corrected chi connectivity index (χ0v) is 8.60. The van der Waals surface area contributed by atoms with Crippen molar-refractivity contribution in [1.29, 1.82) is 0 Å². The molecule has 0 aliphatic heterocycles. The lowest BCUT2D eigenvalue weighted by molar-refractivity contribution is -0.137. The number of carbonyl (C=O) groups is 1. The van der Waals surface area contributed by atoms with E-state index < -0.39 is 5.41 Å². The molecule has 0 saturated heterocycles. The average Bonchev–Trinajstić information content (AvgIpc) is 1.85. The Labute approximate surface area is 74.3 Å². The van der Waals surface area contributed by atoms with Gasteiger partial charge in [-0.25, -0.2) is 0 Å². The van der Waals surface area contributed by atoms with Crippen LogP contribution in [0.2, 0.25) is 0 Å². The van der Waals surface area contributed by atoms with Crippen molar-refractivity contribution in [3.8, 4) is 0 Å².